The zero-order valence-corrected chi connectivity index (χ0v) is 13.5. The number of carboxylic acids is 1. The summed E-state index contributed by atoms with van der Waals surface area (Å²) >= 11 is 2.62. The van der Waals surface area contributed by atoms with Gasteiger partial charge in [0.2, 0.25) is 10.0 Å². The molecule has 0 spiro atoms. The fourth-order valence-electron chi connectivity index (χ4n) is 2.27. The maximum absolute atomic E-state index is 12.2. The third-order valence-electron chi connectivity index (χ3n) is 3.39. The molecule has 2 rings (SSSR count). The number of hydrogen-bond acceptors (Lipinski definition) is 5. The molecule has 1 fully saturated rings. The zero-order valence-electron chi connectivity index (χ0n) is 11.0. The Balaban J connectivity index is 2.02. The number of nitrogens with one attached hydrogen (secondary N) is 1. The molecule has 1 saturated carbocycles. The minimum atomic E-state index is -3.60. The van der Waals surface area contributed by atoms with E-state index < -0.39 is 16.0 Å². The highest BCUT2D eigenvalue weighted by molar-refractivity contribution is 7.99. The Morgan fingerprint density at radius 3 is 2.50 bits per heavy atom. The van der Waals surface area contributed by atoms with E-state index in [9.17, 15) is 13.2 Å². The maximum Gasteiger partial charge on any atom is 0.345 e. The number of thioether (sulfide) groups is 1. The molecular weight excluding hydrogens is 318 g/mol. The van der Waals surface area contributed by atoms with Gasteiger partial charge in [-0.1, -0.05) is 0 Å². The van der Waals surface area contributed by atoms with Gasteiger partial charge in [0.15, 0.2) is 0 Å². The molecule has 1 aromatic rings. The molecule has 0 aromatic carbocycles. The van der Waals surface area contributed by atoms with Crippen LogP contribution >= 0.6 is 23.1 Å². The molecule has 5 nitrogen and oxygen atoms in total. The SMILES string of the molecule is CSC1CCC(NS(=O)(=O)c2ccc(C(=O)O)s2)CC1. The lowest BCUT2D eigenvalue weighted by Crippen LogP contribution is -2.37. The molecule has 0 aliphatic heterocycles. The maximum atomic E-state index is 12.2. The van der Waals surface area contributed by atoms with Gasteiger partial charge in [-0.2, -0.15) is 11.8 Å². The molecule has 0 saturated heterocycles. The minimum absolute atomic E-state index is 0.0384. The van der Waals surface area contributed by atoms with Gasteiger partial charge in [0.25, 0.3) is 0 Å². The fourth-order valence-corrected chi connectivity index (χ4v) is 5.48. The molecule has 0 unspecified atom stereocenters. The molecule has 0 radical (unpaired) electrons. The lowest BCUT2D eigenvalue weighted by Gasteiger charge is -2.27. The average Bonchev–Trinajstić information content (AvgIpc) is 2.90. The first kappa shape index (κ1) is 15.8. The van der Waals surface area contributed by atoms with E-state index >= 15 is 0 Å². The van der Waals surface area contributed by atoms with Crippen LogP contribution in [0.4, 0.5) is 0 Å². The van der Waals surface area contributed by atoms with Gasteiger partial charge in [0, 0.05) is 11.3 Å². The van der Waals surface area contributed by atoms with Crippen LogP contribution in [0, 0.1) is 0 Å². The molecule has 8 heteroatoms. The van der Waals surface area contributed by atoms with Gasteiger partial charge in [-0.25, -0.2) is 17.9 Å². The Morgan fingerprint density at radius 1 is 1.35 bits per heavy atom. The molecule has 112 valence electrons. The van der Waals surface area contributed by atoms with E-state index in [1.807, 2.05) is 11.8 Å². The summed E-state index contributed by atoms with van der Waals surface area (Å²) in [6.07, 6.45) is 5.77. The smallest absolute Gasteiger partial charge is 0.345 e. The van der Waals surface area contributed by atoms with E-state index in [2.05, 4.69) is 11.0 Å². The number of hydrogen-bond donors (Lipinski definition) is 2. The van der Waals surface area contributed by atoms with Crippen LogP contribution in [0.1, 0.15) is 35.4 Å². The van der Waals surface area contributed by atoms with E-state index in [0.717, 1.165) is 37.0 Å². The van der Waals surface area contributed by atoms with Crippen molar-refractivity contribution in [2.45, 2.75) is 41.2 Å². The van der Waals surface area contributed by atoms with Gasteiger partial charge < -0.3 is 5.11 Å². The second kappa shape index (κ2) is 6.46. The third-order valence-corrected chi connectivity index (χ3v) is 7.61. The summed E-state index contributed by atoms with van der Waals surface area (Å²) in [6, 6.07) is 2.63. The van der Waals surface area contributed by atoms with E-state index in [1.54, 1.807) is 0 Å². The summed E-state index contributed by atoms with van der Waals surface area (Å²) in [4.78, 5) is 10.8. The molecule has 0 amide bonds. The molecule has 20 heavy (non-hydrogen) atoms. The number of carboxylic acid groups (broad SMARTS) is 1. The van der Waals surface area contributed by atoms with Crippen LogP contribution < -0.4 is 4.72 Å². The van der Waals surface area contributed by atoms with Crippen LogP contribution in [0.25, 0.3) is 0 Å². The van der Waals surface area contributed by atoms with Crippen molar-refractivity contribution in [3.8, 4) is 0 Å². The quantitative estimate of drug-likeness (QED) is 0.863. The van der Waals surface area contributed by atoms with Gasteiger partial charge in [-0.3, -0.25) is 0 Å². The Kier molecular flexibility index (Phi) is 5.11. The summed E-state index contributed by atoms with van der Waals surface area (Å²) in [6.45, 7) is 0. The molecule has 0 atom stereocenters. The number of carbonyl (C=O) groups is 1. The Morgan fingerprint density at radius 2 is 2.00 bits per heavy atom. The summed E-state index contributed by atoms with van der Waals surface area (Å²) in [5.41, 5.74) is 0. The van der Waals surface area contributed by atoms with Crippen molar-refractivity contribution in [3.63, 3.8) is 0 Å². The first-order valence-corrected chi connectivity index (χ1v) is 9.89. The molecule has 0 bridgehead atoms. The molecule has 1 aromatic heterocycles. The van der Waals surface area contributed by atoms with Gasteiger partial charge in [0.1, 0.15) is 9.09 Å². The predicted octanol–water partition coefficient (Wildman–Crippen LogP) is 2.40. The second-order valence-corrected chi connectivity index (χ2v) is 8.92. The van der Waals surface area contributed by atoms with E-state index in [-0.39, 0.29) is 15.1 Å². The first-order chi connectivity index (χ1) is 9.42. The van der Waals surface area contributed by atoms with E-state index in [4.69, 9.17) is 5.11 Å². The first-order valence-electron chi connectivity index (χ1n) is 6.30. The number of rotatable bonds is 5. The molecule has 1 aliphatic rings. The van der Waals surface area contributed by atoms with Crippen LogP contribution in [0.15, 0.2) is 16.3 Å². The highest BCUT2D eigenvalue weighted by Crippen LogP contribution is 2.28. The van der Waals surface area contributed by atoms with Gasteiger partial charge in [-0.05, 0) is 44.1 Å². The van der Waals surface area contributed by atoms with Crippen molar-refractivity contribution >= 4 is 39.1 Å². The standard InChI is InChI=1S/C12H17NO4S3/c1-18-9-4-2-8(3-5-9)13-20(16,17)11-7-6-10(19-11)12(14)15/h6-9,13H,2-5H2,1H3,(H,14,15). The lowest BCUT2D eigenvalue weighted by atomic mass is 9.96. The van der Waals surface area contributed by atoms with Crippen molar-refractivity contribution in [3.05, 3.63) is 17.0 Å². The zero-order chi connectivity index (χ0) is 14.8. The van der Waals surface area contributed by atoms with Crippen molar-refractivity contribution in [2.24, 2.45) is 0 Å². The molecule has 2 N–H and O–H groups in total. The van der Waals surface area contributed by atoms with Crippen molar-refractivity contribution in [1.82, 2.24) is 4.72 Å². The molecule has 1 heterocycles. The van der Waals surface area contributed by atoms with Crippen LogP contribution in [-0.2, 0) is 10.0 Å². The summed E-state index contributed by atoms with van der Waals surface area (Å²) in [5.74, 6) is -1.10. The highest BCUT2D eigenvalue weighted by atomic mass is 32.2. The van der Waals surface area contributed by atoms with Gasteiger partial charge in [0.05, 0.1) is 0 Å². The van der Waals surface area contributed by atoms with Crippen molar-refractivity contribution < 1.29 is 18.3 Å². The van der Waals surface area contributed by atoms with E-state index in [1.165, 1.54) is 12.1 Å². The minimum Gasteiger partial charge on any atom is -0.477 e. The monoisotopic (exact) mass is 335 g/mol. The van der Waals surface area contributed by atoms with Crippen molar-refractivity contribution in [1.29, 1.82) is 0 Å². The largest absolute Gasteiger partial charge is 0.477 e. The van der Waals surface area contributed by atoms with Gasteiger partial charge in [-0.15, -0.1) is 11.3 Å². The summed E-state index contributed by atoms with van der Waals surface area (Å²) < 4.78 is 27.1. The third kappa shape index (κ3) is 3.75. The predicted molar refractivity (Wildman–Crippen MR) is 81.2 cm³/mol. The van der Waals surface area contributed by atoms with Crippen LogP contribution in [0.3, 0.4) is 0 Å². The van der Waals surface area contributed by atoms with Crippen LogP contribution in [0.5, 0.6) is 0 Å². The van der Waals surface area contributed by atoms with Gasteiger partial charge >= 0.3 is 5.97 Å². The topological polar surface area (TPSA) is 83.5 Å². The highest BCUT2D eigenvalue weighted by Gasteiger charge is 2.26. The average molecular weight is 335 g/mol. The normalized spacial score (nSPS) is 23.6. The van der Waals surface area contributed by atoms with Crippen LogP contribution in [-0.4, -0.2) is 37.0 Å². The summed E-state index contributed by atoms with van der Waals surface area (Å²) in [5, 5.41) is 9.46. The Labute approximate surface area is 126 Å². The number of sulfonamides is 1. The Bertz CT molecular complexity index is 573. The van der Waals surface area contributed by atoms with E-state index in [0.29, 0.717) is 5.25 Å². The van der Waals surface area contributed by atoms with Crippen molar-refractivity contribution in [2.75, 3.05) is 6.26 Å². The number of thiophene rings is 1. The lowest BCUT2D eigenvalue weighted by molar-refractivity contribution is 0.0702. The summed E-state index contributed by atoms with van der Waals surface area (Å²) in [7, 11) is -3.60. The Hall–Kier alpha value is -0.570. The van der Waals surface area contributed by atoms with Crippen LogP contribution in [0.2, 0.25) is 0 Å². The second-order valence-electron chi connectivity index (χ2n) is 4.75. The number of aromatic carboxylic acids is 1. The molecular formula is C12H17NO4S3. The molecule has 1 aliphatic carbocycles. The fraction of sp³-hybridized carbons (Fsp3) is 0.583.